The van der Waals surface area contributed by atoms with Crippen LogP contribution in [0.15, 0.2) is 34.4 Å². The van der Waals surface area contributed by atoms with Crippen molar-refractivity contribution in [3.8, 4) is 0 Å². The van der Waals surface area contributed by atoms with Gasteiger partial charge in [0.05, 0.1) is 26.4 Å². The van der Waals surface area contributed by atoms with E-state index in [1.165, 1.54) is 22.3 Å². The van der Waals surface area contributed by atoms with Gasteiger partial charge in [0.25, 0.3) is 0 Å². The predicted molar refractivity (Wildman–Crippen MR) is 129 cm³/mol. The monoisotopic (exact) mass is 464 g/mol. The zero-order valence-corrected chi connectivity index (χ0v) is 22.1. The van der Waals surface area contributed by atoms with E-state index in [0.717, 1.165) is 0 Å². The molecule has 8 rings (SSSR count). The Morgan fingerprint density at radius 2 is 0.971 bits per heavy atom. The minimum Gasteiger partial charge on any atom is -0.346 e. The summed E-state index contributed by atoms with van der Waals surface area (Å²) in [6, 6.07) is 0. The van der Waals surface area contributed by atoms with Gasteiger partial charge in [0.1, 0.15) is 0 Å². The van der Waals surface area contributed by atoms with Crippen LogP contribution in [-0.2, 0) is 18.9 Å². The van der Waals surface area contributed by atoms with E-state index in [1.54, 1.807) is 0 Å². The van der Waals surface area contributed by atoms with Gasteiger partial charge in [0, 0.05) is 21.7 Å². The zero-order valence-electron chi connectivity index (χ0n) is 22.1. The maximum absolute atomic E-state index is 6.73. The van der Waals surface area contributed by atoms with Crippen molar-refractivity contribution in [3.63, 3.8) is 0 Å². The summed E-state index contributed by atoms with van der Waals surface area (Å²) < 4.78 is 26.9. The third kappa shape index (κ3) is 1.47. The summed E-state index contributed by atoms with van der Waals surface area (Å²) >= 11 is 0. The van der Waals surface area contributed by atoms with E-state index < -0.39 is 11.6 Å². The fourth-order valence-corrected chi connectivity index (χ4v) is 12.4. The Labute approximate surface area is 204 Å². The van der Waals surface area contributed by atoms with Gasteiger partial charge in [-0.2, -0.15) is 0 Å². The maximum Gasteiger partial charge on any atom is 0.187 e. The molecule has 10 atom stereocenters. The molecule has 0 aromatic carbocycles. The first-order chi connectivity index (χ1) is 16.0. The standard InChI is InChI=1S/C30H40O4/c1-15-16(2)27(7)23-20(25(15,5)29(27)31-11-12-32-29)10-9-19-21(23)24-22(19)26(6)17(3)18(4)28(24,8)30(26)33-13-14-34-30/h9-10,19-24H,11-14H2,1-8H3/t19-,20-,21-,22-,23-,24-,25-,26+,27-,28+/m0/s1. The van der Waals surface area contributed by atoms with E-state index in [4.69, 9.17) is 18.9 Å². The lowest BCUT2D eigenvalue weighted by molar-refractivity contribution is -0.252. The van der Waals surface area contributed by atoms with E-state index >= 15 is 0 Å². The molecule has 2 spiro atoms. The van der Waals surface area contributed by atoms with Crippen molar-refractivity contribution in [1.29, 1.82) is 0 Å². The van der Waals surface area contributed by atoms with E-state index in [2.05, 4.69) is 67.5 Å². The first-order valence-electron chi connectivity index (χ1n) is 13.6. The molecule has 0 aromatic heterocycles. The largest absolute Gasteiger partial charge is 0.346 e. The second kappa shape index (κ2) is 5.49. The molecule has 8 aliphatic rings. The molecule has 6 aliphatic carbocycles. The normalized spacial score (nSPS) is 58.8. The summed E-state index contributed by atoms with van der Waals surface area (Å²) in [5.41, 5.74) is 5.68. The highest BCUT2D eigenvalue weighted by Crippen LogP contribution is 2.89. The smallest absolute Gasteiger partial charge is 0.187 e. The Hall–Kier alpha value is -0.940. The summed E-state index contributed by atoms with van der Waals surface area (Å²) in [6.45, 7) is 22.2. The van der Waals surface area contributed by atoms with Gasteiger partial charge >= 0.3 is 0 Å². The van der Waals surface area contributed by atoms with Crippen LogP contribution in [-0.4, -0.2) is 38.0 Å². The maximum atomic E-state index is 6.73. The van der Waals surface area contributed by atoms with Gasteiger partial charge in [-0.15, -0.1) is 0 Å². The van der Waals surface area contributed by atoms with Crippen LogP contribution in [0.2, 0.25) is 0 Å². The highest BCUT2D eigenvalue weighted by atomic mass is 16.7. The van der Waals surface area contributed by atoms with Crippen LogP contribution in [0.4, 0.5) is 0 Å². The Balaban J connectivity index is 1.35. The molecular formula is C30H40O4. The molecule has 34 heavy (non-hydrogen) atoms. The van der Waals surface area contributed by atoms with Crippen molar-refractivity contribution >= 4 is 0 Å². The lowest BCUT2D eigenvalue weighted by Crippen LogP contribution is -2.61. The fourth-order valence-electron chi connectivity index (χ4n) is 12.4. The van der Waals surface area contributed by atoms with Crippen LogP contribution in [0.1, 0.15) is 55.4 Å². The average Bonchev–Trinajstić information content (AvgIpc) is 3.58. The molecule has 2 heterocycles. The molecular weight excluding hydrogens is 424 g/mol. The van der Waals surface area contributed by atoms with Gasteiger partial charge in [0.2, 0.25) is 0 Å². The molecule has 0 amide bonds. The number of hydrogen-bond acceptors (Lipinski definition) is 4. The van der Waals surface area contributed by atoms with E-state index in [0.29, 0.717) is 61.9 Å². The highest BCUT2D eigenvalue weighted by molar-refractivity contribution is 5.53. The van der Waals surface area contributed by atoms with Crippen molar-refractivity contribution in [3.05, 3.63) is 34.4 Å². The van der Waals surface area contributed by atoms with Crippen LogP contribution in [0.25, 0.3) is 0 Å². The molecule has 0 radical (unpaired) electrons. The molecule has 2 saturated heterocycles. The summed E-state index contributed by atoms with van der Waals surface area (Å²) in [5, 5.41) is 0. The van der Waals surface area contributed by atoms with Crippen LogP contribution < -0.4 is 0 Å². The Bertz CT molecular complexity index is 1130. The summed E-state index contributed by atoms with van der Waals surface area (Å²) in [4.78, 5) is 0. The molecule has 0 unspecified atom stereocenters. The van der Waals surface area contributed by atoms with Crippen molar-refractivity contribution in [1.82, 2.24) is 0 Å². The summed E-state index contributed by atoms with van der Waals surface area (Å²) in [5.74, 6) is 2.22. The first kappa shape index (κ1) is 21.2. The minimum atomic E-state index is -0.533. The quantitative estimate of drug-likeness (QED) is 0.443. The minimum absolute atomic E-state index is 0.0629. The summed E-state index contributed by atoms with van der Waals surface area (Å²) in [6.07, 6.45) is 5.19. The average molecular weight is 465 g/mol. The van der Waals surface area contributed by atoms with Crippen molar-refractivity contribution < 1.29 is 18.9 Å². The number of hydrogen-bond donors (Lipinski definition) is 0. The van der Waals surface area contributed by atoms with Gasteiger partial charge in [-0.05, 0) is 63.2 Å². The van der Waals surface area contributed by atoms with E-state index in [9.17, 15) is 0 Å². The highest BCUT2D eigenvalue weighted by Gasteiger charge is 2.90. The molecule has 4 heteroatoms. The Kier molecular flexibility index (Phi) is 3.42. The third-order valence-corrected chi connectivity index (χ3v) is 14.0. The summed E-state index contributed by atoms with van der Waals surface area (Å²) in [7, 11) is 0. The number of fused-ring (bicyclic) bond motifs is 10. The lowest BCUT2D eigenvalue weighted by atomic mass is 9.38. The van der Waals surface area contributed by atoms with Gasteiger partial charge in [-0.3, -0.25) is 0 Å². The zero-order chi connectivity index (χ0) is 23.8. The molecule has 4 bridgehead atoms. The van der Waals surface area contributed by atoms with E-state index in [-0.39, 0.29) is 21.7 Å². The number of ether oxygens (including phenoxy) is 4. The third-order valence-electron chi connectivity index (χ3n) is 14.0. The lowest BCUT2D eigenvalue weighted by Gasteiger charge is -2.64. The van der Waals surface area contributed by atoms with Gasteiger partial charge in [0.15, 0.2) is 11.6 Å². The Morgan fingerprint density at radius 3 is 1.50 bits per heavy atom. The molecule has 4 nitrogen and oxygen atoms in total. The Morgan fingerprint density at radius 1 is 0.559 bits per heavy atom. The number of rotatable bonds is 0. The van der Waals surface area contributed by atoms with Crippen LogP contribution >= 0.6 is 0 Å². The predicted octanol–water partition coefficient (Wildman–Crippen LogP) is 5.51. The molecule has 2 aliphatic heterocycles. The molecule has 3 saturated carbocycles. The fraction of sp³-hybridized carbons (Fsp3) is 0.800. The molecule has 0 aromatic rings. The second-order valence-corrected chi connectivity index (χ2v) is 13.6. The van der Waals surface area contributed by atoms with E-state index in [1.807, 2.05) is 0 Å². The van der Waals surface area contributed by atoms with Crippen molar-refractivity contribution in [2.75, 3.05) is 26.4 Å². The topological polar surface area (TPSA) is 36.9 Å². The SMILES string of the molecule is CC1=C(C)[C@@]2(C)[C@H]3C=C[C@H]4[C@@H]([C@H]3[C@@]1(C)C21OCCO1)[C@H]1[C@H]4[C@@]2(C)C(C)=C(C)[C@@]1(C)C21OCCO1. The van der Waals surface area contributed by atoms with Gasteiger partial charge in [-0.1, -0.05) is 62.1 Å². The van der Waals surface area contributed by atoms with Crippen LogP contribution in [0.3, 0.4) is 0 Å². The molecule has 0 N–H and O–H groups in total. The number of allylic oxidation sites excluding steroid dienone is 2. The molecule has 5 fully saturated rings. The van der Waals surface area contributed by atoms with Crippen molar-refractivity contribution in [2.24, 2.45) is 57.2 Å². The van der Waals surface area contributed by atoms with Gasteiger partial charge < -0.3 is 18.9 Å². The van der Waals surface area contributed by atoms with Crippen molar-refractivity contribution in [2.45, 2.75) is 67.0 Å². The van der Waals surface area contributed by atoms with Gasteiger partial charge in [-0.25, -0.2) is 0 Å². The molecule has 184 valence electrons. The first-order valence-corrected chi connectivity index (χ1v) is 13.6. The van der Waals surface area contributed by atoms with Crippen LogP contribution in [0, 0.1) is 57.2 Å². The van der Waals surface area contributed by atoms with Crippen LogP contribution in [0.5, 0.6) is 0 Å². The second-order valence-electron chi connectivity index (χ2n) is 13.6.